The molecular weight excluding hydrogens is 176 g/mol. The van der Waals surface area contributed by atoms with Gasteiger partial charge in [-0.2, -0.15) is 0 Å². The van der Waals surface area contributed by atoms with Crippen molar-refractivity contribution >= 4 is 6.29 Å². The summed E-state index contributed by atoms with van der Waals surface area (Å²) in [5.74, 6) is 0.673. The number of carbonyl (C=O) groups is 1. The summed E-state index contributed by atoms with van der Waals surface area (Å²) in [6.07, 6.45) is 1.88. The predicted molar refractivity (Wildman–Crippen MR) is 57.0 cm³/mol. The van der Waals surface area contributed by atoms with Crippen molar-refractivity contribution in [1.29, 1.82) is 0 Å². The largest absolute Gasteiger partial charge is 0.490 e. The Balaban J connectivity index is 2.99. The molecule has 0 radical (unpaired) electrons. The van der Waals surface area contributed by atoms with Crippen LogP contribution < -0.4 is 4.74 Å². The summed E-state index contributed by atoms with van der Waals surface area (Å²) in [6.45, 7) is 5.96. The quantitative estimate of drug-likeness (QED) is 0.686. The fraction of sp³-hybridized carbons (Fsp3) is 0.417. The smallest absolute Gasteiger partial charge is 0.153 e. The number of aldehydes is 1. The van der Waals surface area contributed by atoms with Crippen molar-refractivity contribution in [3.8, 4) is 5.75 Å². The zero-order valence-electron chi connectivity index (χ0n) is 8.91. The van der Waals surface area contributed by atoms with Crippen molar-refractivity contribution in [2.24, 2.45) is 0 Å². The van der Waals surface area contributed by atoms with E-state index in [2.05, 4.69) is 6.92 Å². The van der Waals surface area contributed by atoms with Gasteiger partial charge in [-0.25, -0.2) is 0 Å². The van der Waals surface area contributed by atoms with Crippen molar-refractivity contribution in [1.82, 2.24) is 0 Å². The SMILES string of the molecule is CCc1ccc(OC(C)C)c(C=O)c1. The second-order valence-electron chi connectivity index (χ2n) is 3.51. The highest BCUT2D eigenvalue weighted by molar-refractivity contribution is 5.79. The molecular formula is C12H16O2. The molecule has 1 aromatic carbocycles. The molecule has 2 nitrogen and oxygen atoms in total. The third kappa shape index (κ3) is 2.59. The summed E-state index contributed by atoms with van der Waals surface area (Å²) in [4.78, 5) is 10.8. The molecule has 0 aliphatic carbocycles. The minimum absolute atomic E-state index is 0.0983. The van der Waals surface area contributed by atoms with Crippen LogP contribution >= 0.6 is 0 Å². The fourth-order valence-corrected chi connectivity index (χ4v) is 1.27. The molecule has 0 aliphatic rings. The molecule has 0 heterocycles. The number of hydrogen-bond acceptors (Lipinski definition) is 2. The van der Waals surface area contributed by atoms with Gasteiger partial charge in [0.05, 0.1) is 11.7 Å². The van der Waals surface area contributed by atoms with E-state index in [-0.39, 0.29) is 6.10 Å². The molecule has 0 bridgehead atoms. The van der Waals surface area contributed by atoms with Crippen LogP contribution in [0.4, 0.5) is 0 Å². The van der Waals surface area contributed by atoms with Crippen molar-refractivity contribution in [2.45, 2.75) is 33.3 Å². The van der Waals surface area contributed by atoms with Gasteiger partial charge in [-0.15, -0.1) is 0 Å². The van der Waals surface area contributed by atoms with E-state index in [0.717, 1.165) is 18.3 Å². The molecule has 76 valence electrons. The van der Waals surface area contributed by atoms with Crippen LogP contribution in [0.2, 0.25) is 0 Å². The first-order chi connectivity index (χ1) is 6.67. The van der Waals surface area contributed by atoms with E-state index in [1.54, 1.807) is 0 Å². The van der Waals surface area contributed by atoms with Crippen LogP contribution in [0.25, 0.3) is 0 Å². The molecule has 1 aromatic rings. The number of hydrogen-bond donors (Lipinski definition) is 0. The normalized spacial score (nSPS) is 10.3. The second-order valence-corrected chi connectivity index (χ2v) is 3.51. The second kappa shape index (κ2) is 4.80. The van der Waals surface area contributed by atoms with Crippen LogP contribution in [0.3, 0.4) is 0 Å². The Kier molecular flexibility index (Phi) is 3.69. The molecule has 0 spiro atoms. The number of rotatable bonds is 4. The molecule has 0 amide bonds. The Morgan fingerprint density at radius 2 is 2.14 bits per heavy atom. The lowest BCUT2D eigenvalue weighted by Gasteiger charge is -2.12. The third-order valence-electron chi connectivity index (χ3n) is 1.97. The summed E-state index contributed by atoms with van der Waals surface area (Å²) in [5.41, 5.74) is 1.79. The van der Waals surface area contributed by atoms with Crippen LogP contribution in [-0.2, 0) is 6.42 Å². The molecule has 0 fully saturated rings. The highest BCUT2D eigenvalue weighted by Crippen LogP contribution is 2.19. The van der Waals surface area contributed by atoms with Crippen molar-refractivity contribution in [3.05, 3.63) is 29.3 Å². The van der Waals surface area contributed by atoms with Crippen molar-refractivity contribution < 1.29 is 9.53 Å². The number of carbonyl (C=O) groups excluding carboxylic acids is 1. The molecule has 0 saturated carbocycles. The predicted octanol–water partition coefficient (Wildman–Crippen LogP) is 2.85. The van der Waals surface area contributed by atoms with Crippen LogP contribution in [-0.4, -0.2) is 12.4 Å². The van der Waals surface area contributed by atoms with E-state index in [0.29, 0.717) is 11.3 Å². The maximum absolute atomic E-state index is 10.8. The monoisotopic (exact) mass is 192 g/mol. The lowest BCUT2D eigenvalue weighted by atomic mass is 10.1. The van der Waals surface area contributed by atoms with E-state index in [1.807, 2.05) is 32.0 Å². The minimum Gasteiger partial charge on any atom is -0.490 e. The highest BCUT2D eigenvalue weighted by atomic mass is 16.5. The van der Waals surface area contributed by atoms with Gasteiger partial charge in [0.1, 0.15) is 5.75 Å². The zero-order chi connectivity index (χ0) is 10.6. The van der Waals surface area contributed by atoms with Crippen molar-refractivity contribution in [2.75, 3.05) is 0 Å². The first kappa shape index (κ1) is 10.8. The lowest BCUT2D eigenvalue weighted by Crippen LogP contribution is -2.07. The summed E-state index contributed by atoms with van der Waals surface area (Å²) in [6, 6.07) is 5.73. The van der Waals surface area contributed by atoms with Crippen LogP contribution in [0.5, 0.6) is 5.75 Å². The topological polar surface area (TPSA) is 26.3 Å². The van der Waals surface area contributed by atoms with Gasteiger partial charge in [-0.3, -0.25) is 4.79 Å². The van der Waals surface area contributed by atoms with Crippen LogP contribution in [0.15, 0.2) is 18.2 Å². The van der Waals surface area contributed by atoms with E-state index >= 15 is 0 Å². The fourth-order valence-electron chi connectivity index (χ4n) is 1.27. The van der Waals surface area contributed by atoms with E-state index < -0.39 is 0 Å². The molecule has 0 atom stereocenters. The maximum atomic E-state index is 10.8. The summed E-state index contributed by atoms with van der Waals surface area (Å²) < 4.78 is 5.50. The summed E-state index contributed by atoms with van der Waals surface area (Å²) in [7, 11) is 0. The molecule has 0 N–H and O–H groups in total. The standard InChI is InChI=1S/C12H16O2/c1-4-10-5-6-12(14-9(2)3)11(7-10)8-13/h5-9H,4H2,1-3H3. The first-order valence-corrected chi connectivity index (χ1v) is 4.92. The van der Waals surface area contributed by atoms with Gasteiger partial charge in [0, 0.05) is 0 Å². The van der Waals surface area contributed by atoms with Crippen LogP contribution in [0.1, 0.15) is 36.7 Å². The highest BCUT2D eigenvalue weighted by Gasteiger charge is 2.05. The minimum atomic E-state index is 0.0983. The number of ether oxygens (including phenoxy) is 1. The Morgan fingerprint density at radius 3 is 2.64 bits per heavy atom. The van der Waals surface area contributed by atoms with Gasteiger partial charge >= 0.3 is 0 Å². The Hall–Kier alpha value is -1.31. The first-order valence-electron chi connectivity index (χ1n) is 4.92. The number of benzene rings is 1. The maximum Gasteiger partial charge on any atom is 0.153 e. The lowest BCUT2D eigenvalue weighted by molar-refractivity contribution is 0.111. The third-order valence-corrected chi connectivity index (χ3v) is 1.97. The van der Waals surface area contributed by atoms with Crippen LogP contribution in [0, 0.1) is 0 Å². The average molecular weight is 192 g/mol. The van der Waals surface area contributed by atoms with Gasteiger partial charge in [-0.1, -0.05) is 13.0 Å². The zero-order valence-corrected chi connectivity index (χ0v) is 8.91. The molecule has 2 heteroatoms. The van der Waals surface area contributed by atoms with Gasteiger partial charge in [0.25, 0.3) is 0 Å². The summed E-state index contributed by atoms with van der Waals surface area (Å²) >= 11 is 0. The van der Waals surface area contributed by atoms with E-state index in [9.17, 15) is 4.79 Å². The van der Waals surface area contributed by atoms with Gasteiger partial charge in [0.2, 0.25) is 0 Å². The van der Waals surface area contributed by atoms with E-state index in [1.165, 1.54) is 0 Å². The Labute approximate surface area is 84.9 Å². The Bertz CT molecular complexity index is 316. The number of aryl methyl sites for hydroxylation is 1. The molecule has 1 rings (SSSR count). The summed E-state index contributed by atoms with van der Waals surface area (Å²) in [5, 5.41) is 0. The average Bonchev–Trinajstić information content (AvgIpc) is 2.17. The van der Waals surface area contributed by atoms with E-state index in [4.69, 9.17) is 4.74 Å². The molecule has 0 unspecified atom stereocenters. The van der Waals surface area contributed by atoms with Crippen molar-refractivity contribution in [3.63, 3.8) is 0 Å². The molecule has 0 aliphatic heterocycles. The molecule has 14 heavy (non-hydrogen) atoms. The molecule has 0 aromatic heterocycles. The van der Waals surface area contributed by atoms with Gasteiger partial charge in [0.15, 0.2) is 6.29 Å². The molecule has 0 saturated heterocycles. The van der Waals surface area contributed by atoms with Gasteiger partial charge in [-0.05, 0) is 38.0 Å². The van der Waals surface area contributed by atoms with Gasteiger partial charge < -0.3 is 4.74 Å². The Morgan fingerprint density at radius 1 is 1.43 bits per heavy atom.